The molecule has 0 N–H and O–H groups in total. The van der Waals surface area contributed by atoms with Crippen LogP contribution in [0, 0.1) is 0 Å². The number of aromatic nitrogens is 1. The van der Waals surface area contributed by atoms with Crippen molar-refractivity contribution < 1.29 is 0 Å². The lowest BCUT2D eigenvalue weighted by atomic mass is 9.78. The average molecular weight is 1040 g/mol. The Labute approximate surface area is 476 Å². The summed E-state index contributed by atoms with van der Waals surface area (Å²) in [4.78, 5) is 2.54. The summed E-state index contributed by atoms with van der Waals surface area (Å²) in [6.45, 7) is 34.9. The lowest BCUT2D eigenvalue weighted by molar-refractivity contribution is 0.568. The lowest BCUT2D eigenvalue weighted by Gasteiger charge is -2.31. The number of hydrogen-bond acceptors (Lipinski definition) is 1. The van der Waals surface area contributed by atoms with E-state index in [0.29, 0.717) is 0 Å². The van der Waals surface area contributed by atoms with E-state index >= 15 is 0 Å². The van der Waals surface area contributed by atoms with Crippen molar-refractivity contribution in [1.29, 1.82) is 0 Å². The molecule has 11 aromatic carbocycles. The molecule has 0 saturated heterocycles. The standard InChI is InChI=1S/C78H78N2/c1-74(2,3)56-32-40-71-66(48-56)65-45-53(49-21-17-16-18-22-49)31-39-70(65)80(71)69-38-30-52-27-35-63-68(37-29-51-28-36-64(69)73(52)72(51)63)79(61-33-25-50(26-34-61)54-41-57(75(4,5)6)46-58(42-54)76(7,8)9)67-24-20-19-23-62(67)55-43-59(77(10,11)12)47-60(44-55)78(13,14)15/h16-48H,1-15H3. The number of fused-ring (bicyclic) bond motifs is 3. The molecule has 12 aromatic rings. The van der Waals surface area contributed by atoms with Crippen molar-refractivity contribution in [2.24, 2.45) is 0 Å². The van der Waals surface area contributed by atoms with E-state index in [4.69, 9.17) is 0 Å². The Bertz CT molecular complexity index is 4270. The minimum absolute atomic E-state index is 0.000821. The first-order chi connectivity index (χ1) is 37.8. The number of nitrogens with zero attached hydrogens (tertiary/aromatic N) is 2. The SMILES string of the molecule is CC(C)(C)c1cc(-c2ccc(N(c3ccccc3-c3cc(C(C)(C)C)cc(C(C)(C)C)c3)c3ccc4ccc5c(-n6c7ccc(-c8ccccc8)cc7c7cc(C(C)(C)C)ccc76)ccc6ccc3c4c65)cc2)cc(C(C)(C)C)c1. The summed E-state index contributed by atoms with van der Waals surface area (Å²) in [7, 11) is 0. The normalized spacial score (nSPS) is 12.9. The molecule has 0 fully saturated rings. The fourth-order valence-electron chi connectivity index (χ4n) is 12.2. The molecule has 0 aliphatic carbocycles. The van der Waals surface area contributed by atoms with E-state index in [-0.39, 0.29) is 27.1 Å². The van der Waals surface area contributed by atoms with Gasteiger partial charge in [0.25, 0.3) is 0 Å². The van der Waals surface area contributed by atoms with Gasteiger partial charge in [-0.3, -0.25) is 0 Å². The summed E-state index contributed by atoms with van der Waals surface area (Å²) in [6, 6.07) is 76.9. The van der Waals surface area contributed by atoms with Gasteiger partial charge < -0.3 is 9.47 Å². The summed E-state index contributed by atoms with van der Waals surface area (Å²) in [6.07, 6.45) is 0. The zero-order valence-electron chi connectivity index (χ0n) is 49.9. The summed E-state index contributed by atoms with van der Waals surface area (Å²) in [5, 5.41) is 10.0. The minimum atomic E-state index is -0.0394. The van der Waals surface area contributed by atoms with Crippen LogP contribution in [0.5, 0.6) is 0 Å². The second-order valence-electron chi connectivity index (χ2n) is 28.0. The third kappa shape index (κ3) is 9.35. The minimum Gasteiger partial charge on any atom is -0.309 e. The van der Waals surface area contributed by atoms with Crippen molar-refractivity contribution in [2.75, 3.05) is 4.90 Å². The third-order valence-corrected chi connectivity index (χ3v) is 17.1. The summed E-state index contributed by atoms with van der Waals surface area (Å²) in [5.41, 5.74) is 21.0. The van der Waals surface area contributed by atoms with Crippen LogP contribution in [0.2, 0.25) is 0 Å². The molecule has 0 aliphatic rings. The first-order valence-corrected chi connectivity index (χ1v) is 29.0. The van der Waals surface area contributed by atoms with E-state index in [9.17, 15) is 0 Å². The van der Waals surface area contributed by atoms with Gasteiger partial charge in [0.1, 0.15) is 0 Å². The maximum atomic E-state index is 2.54. The van der Waals surface area contributed by atoms with Gasteiger partial charge in [-0.2, -0.15) is 0 Å². The highest BCUT2D eigenvalue weighted by molar-refractivity contribution is 6.27. The fraction of sp³-hybridized carbons (Fsp3) is 0.256. The number of hydrogen-bond donors (Lipinski definition) is 0. The zero-order valence-corrected chi connectivity index (χ0v) is 49.9. The molecule has 0 amide bonds. The smallest absolute Gasteiger partial charge is 0.0541 e. The van der Waals surface area contributed by atoms with E-state index in [1.165, 1.54) is 121 Å². The Morgan fingerprint density at radius 2 is 0.750 bits per heavy atom. The van der Waals surface area contributed by atoms with Gasteiger partial charge in [-0.05, 0) is 159 Å². The number of benzene rings is 11. The molecule has 0 aliphatic heterocycles. The quantitative estimate of drug-likeness (QED) is 0.144. The molecule has 2 nitrogen and oxygen atoms in total. The Balaban J connectivity index is 1.10. The molecule has 1 aromatic heterocycles. The van der Waals surface area contributed by atoms with Crippen LogP contribution in [0.3, 0.4) is 0 Å². The van der Waals surface area contributed by atoms with Crippen molar-refractivity contribution in [3.63, 3.8) is 0 Å². The molecule has 0 spiro atoms. The van der Waals surface area contributed by atoms with Gasteiger partial charge >= 0.3 is 0 Å². The highest BCUT2D eigenvalue weighted by atomic mass is 15.1. The highest BCUT2D eigenvalue weighted by Crippen LogP contribution is 2.49. The molecular formula is C78H78N2. The molecule has 2 heteroatoms. The zero-order chi connectivity index (χ0) is 56.4. The Hall–Kier alpha value is -7.94. The van der Waals surface area contributed by atoms with Gasteiger partial charge in [0.2, 0.25) is 0 Å². The van der Waals surface area contributed by atoms with Crippen LogP contribution < -0.4 is 4.90 Å². The predicted molar refractivity (Wildman–Crippen MR) is 349 cm³/mol. The van der Waals surface area contributed by atoms with Gasteiger partial charge in [-0.1, -0.05) is 249 Å². The predicted octanol–water partition coefficient (Wildman–Crippen LogP) is 22.6. The lowest BCUT2D eigenvalue weighted by Crippen LogP contribution is -2.17. The second-order valence-corrected chi connectivity index (χ2v) is 28.0. The number of para-hydroxylation sites is 1. The summed E-state index contributed by atoms with van der Waals surface area (Å²) < 4.78 is 2.53. The molecular weight excluding hydrogens is 965 g/mol. The molecule has 12 rings (SSSR count). The van der Waals surface area contributed by atoms with Gasteiger partial charge in [0.05, 0.1) is 28.1 Å². The Kier molecular flexibility index (Phi) is 12.4. The monoisotopic (exact) mass is 1040 g/mol. The van der Waals surface area contributed by atoms with E-state index < -0.39 is 0 Å². The third-order valence-electron chi connectivity index (χ3n) is 17.1. The number of anilines is 3. The maximum Gasteiger partial charge on any atom is 0.0541 e. The highest BCUT2D eigenvalue weighted by Gasteiger charge is 2.28. The molecule has 0 unspecified atom stereocenters. The van der Waals surface area contributed by atoms with Crippen LogP contribution in [0.1, 0.15) is 132 Å². The van der Waals surface area contributed by atoms with Crippen LogP contribution >= 0.6 is 0 Å². The van der Waals surface area contributed by atoms with Crippen LogP contribution in [0.25, 0.3) is 93.2 Å². The molecule has 0 saturated carbocycles. The molecule has 0 atom stereocenters. The largest absolute Gasteiger partial charge is 0.309 e. The first-order valence-electron chi connectivity index (χ1n) is 29.0. The van der Waals surface area contributed by atoms with Crippen molar-refractivity contribution >= 4 is 71.2 Å². The van der Waals surface area contributed by atoms with E-state index in [2.05, 4.69) is 314 Å². The molecule has 400 valence electrons. The van der Waals surface area contributed by atoms with Gasteiger partial charge in [-0.15, -0.1) is 0 Å². The number of rotatable bonds is 7. The fourth-order valence-corrected chi connectivity index (χ4v) is 12.2. The Morgan fingerprint density at radius 3 is 1.34 bits per heavy atom. The van der Waals surface area contributed by atoms with Crippen molar-refractivity contribution in [2.45, 2.75) is 131 Å². The van der Waals surface area contributed by atoms with Crippen molar-refractivity contribution in [3.8, 4) is 39.1 Å². The van der Waals surface area contributed by atoms with Gasteiger partial charge in [0, 0.05) is 32.8 Å². The van der Waals surface area contributed by atoms with E-state index in [1.54, 1.807) is 0 Å². The molecule has 1 heterocycles. The summed E-state index contributed by atoms with van der Waals surface area (Å²) >= 11 is 0. The maximum absolute atomic E-state index is 2.54. The van der Waals surface area contributed by atoms with E-state index in [1.807, 2.05) is 0 Å². The topological polar surface area (TPSA) is 8.17 Å². The van der Waals surface area contributed by atoms with Crippen LogP contribution in [0.15, 0.2) is 200 Å². The van der Waals surface area contributed by atoms with Gasteiger partial charge in [0.15, 0.2) is 0 Å². The first kappa shape index (κ1) is 52.7. The molecule has 0 bridgehead atoms. The van der Waals surface area contributed by atoms with E-state index in [0.717, 1.165) is 17.1 Å². The van der Waals surface area contributed by atoms with Crippen LogP contribution in [-0.4, -0.2) is 4.57 Å². The van der Waals surface area contributed by atoms with Crippen molar-refractivity contribution in [1.82, 2.24) is 4.57 Å². The van der Waals surface area contributed by atoms with Crippen LogP contribution in [0.4, 0.5) is 17.1 Å². The van der Waals surface area contributed by atoms with Crippen molar-refractivity contribution in [3.05, 3.63) is 228 Å². The Morgan fingerprint density at radius 1 is 0.287 bits per heavy atom. The molecule has 0 radical (unpaired) electrons. The van der Waals surface area contributed by atoms with Crippen LogP contribution in [-0.2, 0) is 27.1 Å². The summed E-state index contributed by atoms with van der Waals surface area (Å²) in [5.74, 6) is 0. The second kappa shape index (κ2) is 18.8. The average Bonchev–Trinajstić information content (AvgIpc) is 3.85. The molecule has 80 heavy (non-hydrogen) atoms. The van der Waals surface area contributed by atoms with Gasteiger partial charge in [-0.25, -0.2) is 0 Å².